The fourth-order valence-electron chi connectivity index (χ4n) is 3.83. The van der Waals surface area contributed by atoms with E-state index in [2.05, 4.69) is 10.6 Å². The SMILES string of the molecule is Cc1c(NC(=O)C(C)Sc2cccc(NC(=O)Cc3ccccc3)c2)c(=O)n(-c2ccccc2)n1C. The van der Waals surface area contributed by atoms with Gasteiger partial charge in [0.15, 0.2) is 0 Å². The van der Waals surface area contributed by atoms with Crippen LogP contribution in [0.15, 0.2) is 94.6 Å². The predicted octanol–water partition coefficient (Wildman–Crippen LogP) is 4.78. The molecule has 0 radical (unpaired) electrons. The van der Waals surface area contributed by atoms with Crippen LogP contribution in [-0.4, -0.2) is 26.4 Å². The highest BCUT2D eigenvalue weighted by molar-refractivity contribution is 8.00. The van der Waals surface area contributed by atoms with E-state index in [0.717, 1.165) is 16.1 Å². The zero-order valence-corrected chi connectivity index (χ0v) is 21.2. The number of aromatic nitrogens is 2. The van der Waals surface area contributed by atoms with Crippen LogP contribution in [0.1, 0.15) is 18.2 Å². The molecular formula is C28H28N4O3S. The standard InChI is InChI=1S/C28H28N4O3S/c1-19-26(28(35)32(31(19)3)23-14-8-5-9-15-23)30-27(34)20(2)36-24-16-10-13-22(18-24)29-25(33)17-21-11-6-4-7-12-21/h4-16,18,20H,17H2,1-3H3,(H,29,33)(H,30,34). The lowest BCUT2D eigenvalue weighted by molar-refractivity contribution is -0.116. The summed E-state index contributed by atoms with van der Waals surface area (Å²) >= 11 is 1.36. The first-order valence-corrected chi connectivity index (χ1v) is 12.5. The van der Waals surface area contributed by atoms with Crippen molar-refractivity contribution >= 4 is 35.0 Å². The number of benzene rings is 3. The van der Waals surface area contributed by atoms with Crippen molar-refractivity contribution in [1.82, 2.24) is 9.36 Å². The van der Waals surface area contributed by atoms with Crippen LogP contribution in [0.5, 0.6) is 0 Å². The van der Waals surface area contributed by atoms with Crippen LogP contribution in [0.3, 0.4) is 0 Å². The quantitative estimate of drug-likeness (QED) is 0.341. The molecular weight excluding hydrogens is 472 g/mol. The van der Waals surface area contributed by atoms with Gasteiger partial charge in [-0.2, -0.15) is 0 Å². The van der Waals surface area contributed by atoms with E-state index < -0.39 is 5.25 Å². The number of hydrogen-bond donors (Lipinski definition) is 2. The van der Waals surface area contributed by atoms with Gasteiger partial charge in [0.1, 0.15) is 5.69 Å². The molecule has 0 bridgehead atoms. The largest absolute Gasteiger partial charge is 0.326 e. The summed E-state index contributed by atoms with van der Waals surface area (Å²) in [5.41, 5.74) is 2.97. The maximum atomic E-state index is 13.1. The minimum Gasteiger partial charge on any atom is -0.326 e. The van der Waals surface area contributed by atoms with Crippen molar-refractivity contribution in [2.24, 2.45) is 7.05 Å². The minimum absolute atomic E-state index is 0.108. The fourth-order valence-corrected chi connectivity index (χ4v) is 4.75. The van der Waals surface area contributed by atoms with E-state index in [0.29, 0.717) is 11.4 Å². The summed E-state index contributed by atoms with van der Waals surface area (Å²) in [7, 11) is 1.79. The number of anilines is 2. The topological polar surface area (TPSA) is 85.1 Å². The van der Waals surface area contributed by atoms with Crippen LogP contribution in [0.25, 0.3) is 5.69 Å². The van der Waals surface area contributed by atoms with Crippen LogP contribution in [-0.2, 0) is 23.1 Å². The van der Waals surface area contributed by atoms with Crippen molar-refractivity contribution in [1.29, 1.82) is 0 Å². The van der Waals surface area contributed by atoms with Crippen molar-refractivity contribution in [3.05, 3.63) is 107 Å². The Labute approximate surface area is 214 Å². The molecule has 1 aromatic heterocycles. The Morgan fingerprint density at radius 2 is 1.58 bits per heavy atom. The molecule has 1 unspecified atom stereocenters. The van der Waals surface area contributed by atoms with Gasteiger partial charge in [-0.05, 0) is 49.7 Å². The zero-order chi connectivity index (χ0) is 25.7. The molecule has 0 fully saturated rings. The molecule has 0 spiro atoms. The second kappa shape index (κ2) is 11.1. The first-order chi connectivity index (χ1) is 17.3. The Balaban J connectivity index is 1.42. The van der Waals surface area contributed by atoms with Crippen molar-refractivity contribution in [2.75, 3.05) is 10.6 Å². The van der Waals surface area contributed by atoms with Crippen molar-refractivity contribution in [2.45, 2.75) is 30.4 Å². The maximum absolute atomic E-state index is 13.1. The third kappa shape index (κ3) is 5.78. The van der Waals surface area contributed by atoms with Crippen LogP contribution in [0.2, 0.25) is 0 Å². The van der Waals surface area contributed by atoms with E-state index in [9.17, 15) is 14.4 Å². The Morgan fingerprint density at radius 1 is 0.917 bits per heavy atom. The highest BCUT2D eigenvalue weighted by Gasteiger charge is 2.21. The van der Waals surface area contributed by atoms with Gasteiger partial charge in [0.2, 0.25) is 11.8 Å². The molecule has 1 atom stereocenters. The van der Waals surface area contributed by atoms with Gasteiger partial charge < -0.3 is 10.6 Å². The molecule has 4 rings (SSSR count). The molecule has 36 heavy (non-hydrogen) atoms. The number of amides is 2. The molecule has 0 aliphatic carbocycles. The molecule has 2 N–H and O–H groups in total. The molecule has 8 heteroatoms. The third-order valence-corrected chi connectivity index (χ3v) is 6.90. The lowest BCUT2D eigenvalue weighted by atomic mass is 10.1. The van der Waals surface area contributed by atoms with Gasteiger partial charge in [0.05, 0.1) is 23.1 Å². The molecule has 3 aromatic carbocycles. The van der Waals surface area contributed by atoms with Crippen LogP contribution in [0, 0.1) is 6.92 Å². The Hall–Kier alpha value is -4.04. The summed E-state index contributed by atoms with van der Waals surface area (Å²) in [5.74, 6) is -0.382. The molecule has 1 heterocycles. The third-order valence-electron chi connectivity index (χ3n) is 5.81. The average Bonchev–Trinajstić information content (AvgIpc) is 3.08. The van der Waals surface area contributed by atoms with Gasteiger partial charge in [-0.25, -0.2) is 4.68 Å². The van der Waals surface area contributed by atoms with Crippen molar-refractivity contribution in [3.63, 3.8) is 0 Å². The Kier molecular flexibility index (Phi) is 7.75. The summed E-state index contributed by atoms with van der Waals surface area (Å²) in [5, 5.41) is 5.26. The van der Waals surface area contributed by atoms with Crippen LogP contribution in [0.4, 0.5) is 11.4 Å². The lowest BCUT2D eigenvalue weighted by Crippen LogP contribution is -2.27. The fraction of sp³-hybridized carbons (Fsp3) is 0.179. The van der Waals surface area contributed by atoms with E-state index >= 15 is 0 Å². The number of carbonyl (C=O) groups is 2. The lowest BCUT2D eigenvalue weighted by Gasteiger charge is -2.12. The number of nitrogens with zero attached hydrogens (tertiary/aromatic N) is 2. The van der Waals surface area contributed by atoms with Gasteiger partial charge in [-0.1, -0.05) is 54.6 Å². The zero-order valence-electron chi connectivity index (χ0n) is 20.4. The minimum atomic E-state index is -0.468. The van der Waals surface area contributed by atoms with Gasteiger partial charge in [0.25, 0.3) is 5.56 Å². The van der Waals surface area contributed by atoms with E-state index in [1.807, 2.05) is 84.9 Å². The molecule has 2 amide bonds. The average molecular weight is 501 g/mol. The van der Waals surface area contributed by atoms with E-state index in [1.54, 1.807) is 25.6 Å². The number of hydrogen-bond acceptors (Lipinski definition) is 4. The monoisotopic (exact) mass is 500 g/mol. The highest BCUT2D eigenvalue weighted by atomic mass is 32.2. The highest BCUT2D eigenvalue weighted by Crippen LogP contribution is 2.27. The van der Waals surface area contributed by atoms with Crippen molar-refractivity contribution in [3.8, 4) is 5.69 Å². The van der Waals surface area contributed by atoms with E-state index in [1.165, 1.54) is 16.4 Å². The molecule has 0 saturated heterocycles. The van der Waals surface area contributed by atoms with Gasteiger partial charge >= 0.3 is 0 Å². The second-order valence-electron chi connectivity index (χ2n) is 8.42. The normalized spacial score (nSPS) is 11.6. The smallest absolute Gasteiger partial charge is 0.295 e. The van der Waals surface area contributed by atoms with Crippen molar-refractivity contribution < 1.29 is 9.59 Å². The maximum Gasteiger partial charge on any atom is 0.295 e. The summed E-state index contributed by atoms with van der Waals surface area (Å²) in [6.45, 7) is 3.59. The number of thioether (sulfide) groups is 1. The van der Waals surface area contributed by atoms with Gasteiger partial charge in [0, 0.05) is 17.6 Å². The predicted molar refractivity (Wildman–Crippen MR) is 145 cm³/mol. The second-order valence-corrected chi connectivity index (χ2v) is 9.84. The molecule has 0 saturated carbocycles. The molecule has 0 aliphatic rings. The molecule has 0 aliphatic heterocycles. The van der Waals surface area contributed by atoms with E-state index in [-0.39, 0.29) is 29.5 Å². The molecule has 4 aromatic rings. The van der Waals surface area contributed by atoms with E-state index in [4.69, 9.17) is 0 Å². The number of carbonyl (C=O) groups excluding carboxylic acids is 2. The summed E-state index contributed by atoms with van der Waals surface area (Å²) in [6, 6.07) is 26.2. The molecule has 7 nitrogen and oxygen atoms in total. The Morgan fingerprint density at radius 3 is 2.28 bits per heavy atom. The number of nitrogens with one attached hydrogen (secondary N) is 2. The van der Waals surface area contributed by atoms with Crippen LogP contribution < -0.4 is 16.2 Å². The van der Waals surface area contributed by atoms with Gasteiger partial charge in [-0.3, -0.25) is 19.1 Å². The molecule has 184 valence electrons. The number of para-hydroxylation sites is 1. The first-order valence-electron chi connectivity index (χ1n) is 11.6. The Bertz CT molecular complexity index is 1430. The van der Waals surface area contributed by atoms with Crippen LogP contribution >= 0.6 is 11.8 Å². The number of rotatable bonds is 8. The summed E-state index contributed by atoms with van der Waals surface area (Å²) in [6.07, 6.45) is 0.286. The summed E-state index contributed by atoms with van der Waals surface area (Å²) in [4.78, 5) is 39.3. The summed E-state index contributed by atoms with van der Waals surface area (Å²) < 4.78 is 3.26. The van der Waals surface area contributed by atoms with Gasteiger partial charge in [-0.15, -0.1) is 11.8 Å². The first kappa shape index (κ1) is 25.1.